The molecule has 0 atom stereocenters. The zero-order valence-electron chi connectivity index (χ0n) is 19.0. The number of rotatable bonds is 5. The molecule has 0 aliphatic carbocycles. The maximum Gasteiger partial charge on any atom is 0.269 e. The molecule has 5 rings (SSSR count). The second-order valence-corrected chi connectivity index (χ2v) is 11.8. The third-order valence-electron chi connectivity index (χ3n) is 5.35. The molecule has 0 spiro atoms. The third kappa shape index (κ3) is 5.09. The first-order valence-corrected chi connectivity index (χ1v) is 14.3. The smallest absolute Gasteiger partial charge is 0.269 e. The number of nitrogens with zero attached hydrogens (tertiary/aromatic N) is 3. The lowest BCUT2D eigenvalue weighted by Gasteiger charge is -2.17. The molecular formula is C25H22N4O3S3. The minimum Gasteiger partial charge on any atom is -0.337 e. The van der Waals surface area contributed by atoms with Gasteiger partial charge in [-0.2, -0.15) is 0 Å². The number of sulfonamides is 1. The monoisotopic (exact) mass is 522 g/mol. The fourth-order valence-electron chi connectivity index (χ4n) is 3.79. The molecule has 0 radical (unpaired) electrons. The summed E-state index contributed by atoms with van der Waals surface area (Å²) in [5.41, 5.74) is 3.02. The van der Waals surface area contributed by atoms with Gasteiger partial charge >= 0.3 is 0 Å². The van der Waals surface area contributed by atoms with Gasteiger partial charge in [0.1, 0.15) is 4.91 Å². The summed E-state index contributed by atoms with van der Waals surface area (Å²) in [5, 5.41) is 1.42. The van der Waals surface area contributed by atoms with Gasteiger partial charge in [-0.15, -0.1) is 0 Å². The summed E-state index contributed by atoms with van der Waals surface area (Å²) in [5.74, 6) is -0.106. The molecule has 178 valence electrons. The number of thioether (sulfide) groups is 2. The van der Waals surface area contributed by atoms with Gasteiger partial charge in [0, 0.05) is 11.9 Å². The average Bonchev–Trinajstić information content (AvgIpc) is 3.31. The number of hydrogen-bond acceptors (Lipinski definition) is 7. The molecule has 2 aliphatic rings. The first-order chi connectivity index (χ1) is 16.8. The van der Waals surface area contributed by atoms with E-state index in [0.29, 0.717) is 28.0 Å². The predicted molar refractivity (Wildman–Crippen MR) is 144 cm³/mol. The van der Waals surface area contributed by atoms with Crippen molar-refractivity contribution in [1.82, 2.24) is 4.90 Å². The minimum absolute atomic E-state index is 0.106. The molecule has 3 aromatic carbocycles. The third-order valence-corrected chi connectivity index (χ3v) is 8.39. The minimum atomic E-state index is -3.42. The van der Waals surface area contributed by atoms with E-state index in [1.807, 2.05) is 66.5 Å². The molecule has 1 saturated heterocycles. The summed E-state index contributed by atoms with van der Waals surface area (Å²) >= 11 is 2.91. The van der Waals surface area contributed by atoms with Gasteiger partial charge in [-0.1, -0.05) is 60.3 Å². The molecule has 1 amide bonds. The van der Waals surface area contributed by atoms with E-state index in [1.165, 1.54) is 11.8 Å². The van der Waals surface area contributed by atoms with Crippen LogP contribution in [0, 0.1) is 0 Å². The predicted octanol–water partition coefficient (Wildman–Crippen LogP) is 5.23. The van der Waals surface area contributed by atoms with Gasteiger partial charge < -0.3 is 4.90 Å². The normalized spacial score (nSPS) is 18.9. The zero-order chi connectivity index (χ0) is 24.6. The van der Waals surface area contributed by atoms with Gasteiger partial charge in [0.2, 0.25) is 10.0 Å². The van der Waals surface area contributed by atoms with Crippen LogP contribution in [-0.4, -0.2) is 37.7 Å². The summed E-state index contributed by atoms with van der Waals surface area (Å²) in [6.45, 7) is 0.380. The average molecular weight is 523 g/mol. The van der Waals surface area contributed by atoms with Gasteiger partial charge in [0.25, 0.3) is 5.91 Å². The van der Waals surface area contributed by atoms with E-state index in [1.54, 1.807) is 40.9 Å². The van der Waals surface area contributed by atoms with Crippen LogP contribution in [0.5, 0.6) is 0 Å². The van der Waals surface area contributed by atoms with Crippen molar-refractivity contribution >= 4 is 61.7 Å². The van der Waals surface area contributed by atoms with Crippen molar-refractivity contribution in [1.29, 1.82) is 0 Å². The zero-order valence-corrected chi connectivity index (χ0v) is 21.5. The number of fused-ring (bicyclic) bond motifs is 1. The quantitative estimate of drug-likeness (QED) is 0.462. The van der Waals surface area contributed by atoms with Crippen LogP contribution in [0.15, 0.2) is 98.7 Å². The van der Waals surface area contributed by atoms with E-state index in [4.69, 9.17) is 4.99 Å². The number of carbonyl (C=O) groups is 1. The maximum absolute atomic E-state index is 13.7. The molecule has 0 unspecified atom stereocenters. The van der Waals surface area contributed by atoms with E-state index < -0.39 is 10.0 Å². The molecule has 7 nitrogen and oxygen atoms in total. The van der Waals surface area contributed by atoms with E-state index in [9.17, 15) is 13.2 Å². The molecule has 2 heterocycles. The van der Waals surface area contributed by atoms with Crippen LogP contribution in [0.4, 0.5) is 17.1 Å². The molecule has 0 aromatic heterocycles. The highest BCUT2D eigenvalue weighted by atomic mass is 32.2. The van der Waals surface area contributed by atoms with Crippen molar-refractivity contribution in [3.63, 3.8) is 0 Å². The number of carbonyl (C=O) groups excluding carboxylic acids is 1. The summed E-state index contributed by atoms with van der Waals surface area (Å²) in [7, 11) is -1.45. The van der Waals surface area contributed by atoms with Crippen LogP contribution in [-0.2, 0) is 21.4 Å². The number of amides is 1. The van der Waals surface area contributed by atoms with Crippen LogP contribution in [0.2, 0.25) is 0 Å². The van der Waals surface area contributed by atoms with Crippen LogP contribution >= 0.6 is 23.5 Å². The lowest BCUT2D eigenvalue weighted by molar-refractivity contribution is -0.122. The summed E-state index contributed by atoms with van der Waals surface area (Å²) in [6.07, 6.45) is 1.10. The number of para-hydroxylation sites is 1. The molecule has 10 heteroatoms. The lowest BCUT2D eigenvalue weighted by atomic mass is 10.2. The van der Waals surface area contributed by atoms with E-state index in [0.717, 1.165) is 27.4 Å². The van der Waals surface area contributed by atoms with Crippen LogP contribution in [0.3, 0.4) is 0 Å². The summed E-state index contributed by atoms with van der Waals surface area (Å²) in [6, 6.07) is 24.7. The van der Waals surface area contributed by atoms with Crippen molar-refractivity contribution < 1.29 is 13.2 Å². The van der Waals surface area contributed by atoms with Gasteiger partial charge in [-0.3, -0.25) is 14.4 Å². The van der Waals surface area contributed by atoms with Crippen molar-refractivity contribution in [2.45, 2.75) is 11.4 Å². The van der Waals surface area contributed by atoms with Gasteiger partial charge in [0.05, 0.1) is 34.9 Å². The van der Waals surface area contributed by atoms with Crippen molar-refractivity contribution in [3.8, 4) is 0 Å². The Bertz CT molecular complexity index is 1470. The molecule has 35 heavy (non-hydrogen) atoms. The Balaban J connectivity index is 1.54. The van der Waals surface area contributed by atoms with Crippen molar-refractivity contribution in [2.75, 3.05) is 22.9 Å². The molecule has 1 N–H and O–H groups in total. The number of anilines is 2. The highest BCUT2D eigenvalue weighted by Crippen LogP contribution is 2.50. The van der Waals surface area contributed by atoms with Crippen molar-refractivity contribution in [3.05, 3.63) is 94.4 Å². The highest BCUT2D eigenvalue weighted by molar-refractivity contribution is 8.19. The number of hydrogen-bond donors (Lipinski definition) is 1. The van der Waals surface area contributed by atoms with Crippen LogP contribution in [0.1, 0.15) is 5.56 Å². The van der Waals surface area contributed by atoms with E-state index in [-0.39, 0.29) is 5.91 Å². The van der Waals surface area contributed by atoms with E-state index >= 15 is 0 Å². The highest BCUT2D eigenvalue weighted by Gasteiger charge is 2.39. The van der Waals surface area contributed by atoms with Crippen LogP contribution in [0.25, 0.3) is 0 Å². The van der Waals surface area contributed by atoms with Gasteiger partial charge in [-0.05, 0) is 47.7 Å². The Morgan fingerprint density at radius 3 is 2.43 bits per heavy atom. The molecule has 1 fully saturated rings. The topological polar surface area (TPSA) is 82.1 Å². The summed E-state index contributed by atoms with van der Waals surface area (Å²) in [4.78, 5) is 23.9. The van der Waals surface area contributed by atoms with Gasteiger partial charge in [-0.25, -0.2) is 13.4 Å². The Labute approximate surface area is 213 Å². The first kappa shape index (κ1) is 23.5. The second-order valence-electron chi connectivity index (χ2n) is 8.06. The molecule has 2 aliphatic heterocycles. The molecule has 0 bridgehead atoms. The Hall–Kier alpha value is -3.21. The summed E-state index contributed by atoms with van der Waals surface area (Å²) < 4.78 is 25.8. The largest absolute Gasteiger partial charge is 0.337 e. The Morgan fingerprint density at radius 2 is 1.69 bits per heavy atom. The molecule has 3 aromatic rings. The fraction of sp³-hybridized carbons (Fsp3) is 0.120. The second kappa shape index (κ2) is 9.44. The Kier molecular flexibility index (Phi) is 6.35. The Morgan fingerprint density at radius 1 is 0.943 bits per heavy atom. The fourth-order valence-corrected chi connectivity index (χ4v) is 6.69. The lowest BCUT2D eigenvalue weighted by Crippen LogP contribution is -2.29. The number of benzene rings is 3. The maximum atomic E-state index is 13.7. The number of nitrogens with one attached hydrogen (secondary N) is 1. The van der Waals surface area contributed by atoms with Gasteiger partial charge in [0.15, 0.2) is 5.17 Å². The molecule has 0 saturated carbocycles. The van der Waals surface area contributed by atoms with Crippen LogP contribution < -0.4 is 9.62 Å². The first-order valence-electron chi connectivity index (χ1n) is 10.7. The SMILES string of the molecule is CN1/C(=C2/S/C(=N\c3cccc(NS(C)(=O)=O)c3)N(Cc3ccccc3)C2=O)Sc2ccccc21. The standard InChI is InChI=1S/C25H22N4O3S3/c1-28-20-13-6-7-14-21(20)33-24(28)22-23(30)29(16-17-9-4-3-5-10-17)25(34-22)26-18-11-8-12-19(15-18)27-35(2,31)32/h3-15,27H,16H2,1-2H3/b24-22-,26-25-. The number of aliphatic imine (C=N–C) groups is 1. The molecular weight excluding hydrogens is 501 g/mol. The number of amidine groups is 1. The van der Waals surface area contributed by atoms with E-state index in [2.05, 4.69) is 4.72 Å². The van der Waals surface area contributed by atoms with Crippen molar-refractivity contribution in [2.24, 2.45) is 4.99 Å².